The fraction of sp³-hybridized carbons (Fsp3) is 0.105. The normalized spacial score (nSPS) is 10.4. The predicted octanol–water partition coefficient (Wildman–Crippen LogP) is 4.64. The summed E-state index contributed by atoms with van der Waals surface area (Å²) in [4.78, 5) is 28.7. The Morgan fingerprint density at radius 1 is 1.11 bits per heavy atom. The van der Waals surface area contributed by atoms with Gasteiger partial charge >= 0.3 is 0 Å². The fourth-order valence-electron chi connectivity index (χ4n) is 2.29. The number of carbonyl (C=O) groups excluding carboxylic acids is 2. The van der Waals surface area contributed by atoms with Gasteiger partial charge in [0.2, 0.25) is 0 Å². The third-order valence-electron chi connectivity index (χ3n) is 3.75. The molecule has 1 heterocycles. The standard InChI is InChI=1S/C19H15Cl2N3O3S/c1-27-13-5-2-11(3-6-13)9-22-18(26)16-10-28-19(23-16)24-17(25)14-7-4-12(20)8-15(14)21/h2-8,10H,9H2,1H3,(H,22,26)(H,23,24,25). The Kier molecular flexibility index (Phi) is 6.51. The first-order chi connectivity index (χ1) is 13.5. The number of nitrogens with zero attached hydrogens (tertiary/aromatic N) is 1. The zero-order valence-corrected chi connectivity index (χ0v) is 17.0. The molecule has 0 saturated heterocycles. The topological polar surface area (TPSA) is 80.3 Å². The first-order valence-electron chi connectivity index (χ1n) is 8.09. The van der Waals surface area contributed by atoms with Crippen LogP contribution in [0.5, 0.6) is 5.75 Å². The van der Waals surface area contributed by atoms with Crippen LogP contribution in [-0.2, 0) is 6.54 Å². The molecule has 0 aliphatic carbocycles. The highest BCUT2D eigenvalue weighted by Gasteiger charge is 2.15. The number of thiazole rings is 1. The van der Waals surface area contributed by atoms with E-state index in [-0.39, 0.29) is 22.2 Å². The van der Waals surface area contributed by atoms with Crippen LogP contribution in [-0.4, -0.2) is 23.9 Å². The van der Waals surface area contributed by atoms with Crippen molar-refractivity contribution in [2.24, 2.45) is 0 Å². The SMILES string of the molecule is COc1ccc(CNC(=O)c2csc(NC(=O)c3ccc(Cl)cc3Cl)n2)cc1. The molecule has 3 rings (SSSR count). The Bertz CT molecular complexity index is 1010. The number of halogens is 2. The molecule has 0 fully saturated rings. The first-order valence-corrected chi connectivity index (χ1v) is 9.73. The number of methoxy groups -OCH3 is 1. The van der Waals surface area contributed by atoms with E-state index in [1.54, 1.807) is 18.6 Å². The van der Waals surface area contributed by atoms with Crippen LogP contribution >= 0.6 is 34.5 Å². The zero-order chi connectivity index (χ0) is 20.1. The van der Waals surface area contributed by atoms with Gasteiger partial charge in [-0.2, -0.15) is 0 Å². The molecule has 0 saturated carbocycles. The van der Waals surface area contributed by atoms with E-state index < -0.39 is 5.91 Å². The number of amides is 2. The molecule has 144 valence electrons. The molecule has 9 heteroatoms. The van der Waals surface area contributed by atoms with Crippen molar-refractivity contribution < 1.29 is 14.3 Å². The molecule has 3 aromatic rings. The van der Waals surface area contributed by atoms with Gasteiger partial charge in [-0.1, -0.05) is 35.3 Å². The highest BCUT2D eigenvalue weighted by Crippen LogP contribution is 2.23. The van der Waals surface area contributed by atoms with Gasteiger partial charge < -0.3 is 10.1 Å². The second-order valence-electron chi connectivity index (χ2n) is 5.65. The van der Waals surface area contributed by atoms with Gasteiger partial charge in [-0.3, -0.25) is 14.9 Å². The minimum absolute atomic E-state index is 0.219. The van der Waals surface area contributed by atoms with Crippen LogP contribution in [0, 0.1) is 0 Å². The summed E-state index contributed by atoms with van der Waals surface area (Å²) < 4.78 is 5.10. The quantitative estimate of drug-likeness (QED) is 0.590. The molecular weight excluding hydrogens is 421 g/mol. The molecule has 1 aromatic heterocycles. The summed E-state index contributed by atoms with van der Waals surface area (Å²) in [5, 5.41) is 7.95. The van der Waals surface area contributed by atoms with Gasteiger partial charge in [-0.05, 0) is 35.9 Å². The van der Waals surface area contributed by atoms with E-state index in [9.17, 15) is 9.59 Å². The number of benzene rings is 2. The number of ether oxygens (including phenoxy) is 1. The minimum Gasteiger partial charge on any atom is -0.497 e. The van der Waals surface area contributed by atoms with Gasteiger partial charge in [0.25, 0.3) is 11.8 Å². The summed E-state index contributed by atoms with van der Waals surface area (Å²) in [5.74, 6) is -0.0194. The zero-order valence-electron chi connectivity index (χ0n) is 14.7. The third-order valence-corrected chi connectivity index (χ3v) is 5.05. The lowest BCUT2D eigenvalue weighted by atomic mass is 10.2. The fourth-order valence-corrected chi connectivity index (χ4v) is 3.47. The van der Waals surface area contributed by atoms with E-state index >= 15 is 0 Å². The van der Waals surface area contributed by atoms with Gasteiger partial charge in [-0.15, -0.1) is 11.3 Å². The lowest BCUT2D eigenvalue weighted by Crippen LogP contribution is -2.23. The molecule has 2 amide bonds. The minimum atomic E-state index is -0.429. The maximum absolute atomic E-state index is 12.3. The highest BCUT2D eigenvalue weighted by atomic mass is 35.5. The van der Waals surface area contributed by atoms with Crippen molar-refractivity contribution in [3.8, 4) is 5.75 Å². The highest BCUT2D eigenvalue weighted by molar-refractivity contribution is 7.14. The van der Waals surface area contributed by atoms with Gasteiger partial charge in [0.15, 0.2) is 5.13 Å². The van der Waals surface area contributed by atoms with Gasteiger partial charge in [0, 0.05) is 16.9 Å². The number of carbonyl (C=O) groups is 2. The van der Waals surface area contributed by atoms with Gasteiger partial charge in [0.1, 0.15) is 11.4 Å². The first kappa shape index (κ1) is 20.1. The van der Waals surface area contributed by atoms with E-state index in [2.05, 4.69) is 15.6 Å². The average Bonchev–Trinajstić information content (AvgIpc) is 3.15. The number of rotatable bonds is 6. The number of nitrogens with one attached hydrogen (secondary N) is 2. The van der Waals surface area contributed by atoms with Crippen molar-refractivity contribution in [3.05, 3.63) is 74.7 Å². The molecule has 0 aliphatic heterocycles. The van der Waals surface area contributed by atoms with Crippen LogP contribution in [0.4, 0.5) is 5.13 Å². The summed E-state index contributed by atoms with van der Waals surface area (Å²) in [5.41, 5.74) is 1.41. The molecule has 2 aromatic carbocycles. The van der Waals surface area contributed by atoms with Crippen LogP contribution < -0.4 is 15.4 Å². The van der Waals surface area contributed by atoms with Crippen molar-refractivity contribution in [2.45, 2.75) is 6.54 Å². The van der Waals surface area contributed by atoms with Crippen molar-refractivity contribution in [2.75, 3.05) is 12.4 Å². The lowest BCUT2D eigenvalue weighted by Gasteiger charge is -2.05. The van der Waals surface area contributed by atoms with Crippen molar-refractivity contribution in [1.29, 1.82) is 0 Å². The van der Waals surface area contributed by atoms with Crippen molar-refractivity contribution >= 4 is 51.5 Å². The van der Waals surface area contributed by atoms with Crippen LogP contribution in [0.3, 0.4) is 0 Å². The number of hydrogen-bond acceptors (Lipinski definition) is 5. The van der Waals surface area contributed by atoms with Gasteiger partial charge in [-0.25, -0.2) is 4.98 Å². The Labute approximate surface area is 175 Å². The maximum Gasteiger partial charge on any atom is 0.271 e. The van der Waals surface area contributed by atoms with Crippen molar-refractivity contribution in [1.82, 2.24) is 10.3 Å². The monoisotopic (exact) mass is 435 g/mol. The summed E-state index contributed by atoms with van der Waals surface area (Å²) in [7, 11) is 1.59. The molecule has 6 nitrogen and oxygen atoms in total. The van der Waals surface area contributed by atoms with E-state index in [1.807, 2.05) is 24.3 Å². The van der Waals surface area contributed by atoms with E-state index in [4.69, 9.17) is 27.9 Å². The van der Waals surface area contributed by atoms with E-state index in [0.717, 1.165) is 22.6 Å². The van der Waals surface area contributed by atoms with Crippen LogP contribution in [0.15, 0.2) is 47.8 Å². The van der Waals surface area contributed by atoms with E-state index in [0.29, 0.717) is 16.7 Å². The Hall–Kier alpha value is -2.61. The van der Waals surface area contributed by atoms with Crippen LogP contribution in [0.1, 0.15) is 26.4 Å². The smallest absolute Gasteiger partial charge is 0.271 e. The average molecular weight is 436 g/mol. The van der Waals surface area contributed by atoms with E-state index in [1.165, 1.54) is 12.1 Å². The Balaban J connectivity index is 1.59. The molecule has 0 unspecified atom stereocenters. The molecule has 0 atom stereocenters. The molecular formula is C19H15Cl2N3O3S. The van der Waals surface area contributed by atoms with Gasteiger partial charge in [0.05, 0.1) is 17.7 Å². The number of anilines is 1. The summed E-state index contributed by atoms with van der Waals surface area (Å²) in [6.07, 6.45) is 0. The summed E-state index contributed by atoms with van der Waals surface area (Å²) >= 11 is 13.0. The Morgan fingerprint density at radius 3 is 2.54 bits per heavy atom. The molecule has 2 N–H and O–H groups in total. The predicted molar refractivity (Wildman–Crippen MR) is 111 cm³/mol. The molecule has 28 heavy (non-hydrogen) atoms. The molecule has 0 radical (unpaired) electrons. The van der Waals surface area contributed by atoms with Crippen LogP contribution in [0.25, 0.3) is 0 Å². The molecule has 0 aliphatic rings. The largest absolute Gasteiger partial charge is 0.497 e. The van der Waals surface area contributed by atoms with Crippen molar-refractivity contribution in [3.63, 3.8) is 0 Å². The lowest BCUT2D eigenvalue weighted by molar-refractivity contribution is 0.0945. The summed E-state index contributed by atoms with van der Waals surface area (Å²) in [6.45, 7) is 0.350. The molecule has 0 bridgehead atoms. The second kappa shape index (κ2) is 9.05. The Morgan fingerprint density at radius 2 is 1.86 bits per heavy atom. The maximum atomic E-state index is 12.3. The molecule has 0 spiro atoms. The second-order valence-corrected chi connectivity index (χ2v) is 7.35. The summed E-state index contributed by atoms with van der Waals surface area (Å²) in [6, 6.07) is 11.9. The van der Waals surface area contributed by atoms with Crippen LogP contribution in [0.2, 0.25) is 10.0 Å². The third kappa shape index (κ3) is 5.01. The number of aromatic nitrogens is 1. The number of hydrogen-bond donors (Lipinski definition) is 2.